The first kappa shape index (κ1) is 12.0. The van der Waals surface area contributed by atoms with Crippen LogP contribution in [-0.4, -0.2) is 22.1 Å². The number of nitrogens with zero attached hydrogens (tertiary/aromatic N) is 2. The molecule has 2 N–H and O–H groups in total. The van der Waals surface area contributed by atoms with E-state index in [1.165, 1.54) is 6.33 Å². The fraction of sp³-hybridized carbons (Fsp3) is 0.0714. The SMILES string of the molecule is COc1ccccc1-c1[nH]c2c(=O)[nH]cnc2c1C#N. The van der Waals surface area contributed by atoms with Crippen molar-refractivity contribution in [3.63, 3.8) is 0 Å². The largest absolute Gasteiger partial charge is 0.496 e. The van der Waals surface area contributed by atoms with Crippen LogP contribution in [0, 0.1) is 11.3 Å². The zero-order valence-corrected chi connectivity index (χ0v) is 10.6. The van der Waals surface area contributed by atoms with Crippen LogP contribution in [0.5, 0.6) is 5.75 Å². The Labute approximate surface area is 113 Å². The molecule has 3 aromatic rings. The Morgan fingerprint density at radius 1 is 1.35 bits per heavy atom. The molecule has 0 amide bonds. The number of aromatic amines is 2. The van der Waals surface area contributed by atoms with Gasteiger partial charge in [0, 0.05) is 5.56 Å². The van der Waals surface area contributed by atoms with E-state index in [0.717, 1.165) is 0 Å². The highest BCUT2D eigenvalue weighted by Gasteiger charge is 2.18. The van der Waals surface area contributed by atoms with Gasteiger partial charge in [0.25, 0.3) is 5.56 Å². The van der Waals surface area contributed by atoms with E-state index in [-0.39, 0.29) is 11.1 Å². The van der Waals surface area contributed by atoms with Gasteiger partial charge in [-0.1, -0.05) is 12.1 Å². The summed E-state index contributed by atoms with van der Waals surface area (Å²) >= 11 is 0. The Bertz CT molecular complexity index is 886. The maximum atomic E-state index is 11.8. The number of nitriles is 1. The minimum atomic E-state index is -0.312. The number of aromatic nitrogens is 3. The van der Waals surface area contributed by atoms with Crippen LogP contribution in [0.2, 0.25) is 0 Å². The summed E-state index contributed by atoms with van der Waals surface area (Å²) in [5.74, 6) is 0.618. The average molecular weight is 266 g/mol. The van der Waals surface area contributed by atoms with Crippen LogP contribution in [-0.2, 0) is 0 Å². The van der Waals surface area contributed by atoms with Crippen molar-refractivity contribution in [2.75, 3.05) is 7.11 Å². The molecule has 0 aliphatic heterocycles. The van der Waals surface area contributed by atoms with Gasteiger partial charge in [0.2, 0.25) is 0 Å². The lowest BCUT2D eigenvalue weighted by Gasteiger charge is -2.06. The first-order valence-corrected chi connectivity index (χ1v) is 5.89. The van der Waals surface area contributed by atoms with Gasteiger partial charge in [-0.3, -0.25) is 4.79 Å². The second-order valence-corrected chi connectivity index (χ2v) is 4.14. The Morgan fingerprint density at radius 3 is 2.90 bits per heavy atom. The van der Waals surface area contributed by atoms with Gasteiger partial charge in [-0.05, 0) is 12.1 Å². The molecule has 20 heavy (non-hydrogen) atoms. The summed E-state index contributed by atoms with van der Waals surface area (Å²) in [5.41, 5.74) is 1.90. The van der Waals surface area contributed by atoms with Crippen molar-refractivity contribution in [2.45, 2.75) is 0 Å². The van der Waals surface area contributed by atoms with E-state index in [2.05, 4.69) is 21.0 Å². The summed E-state index contributed by atoms with van der Waals surface area (Å²) < 4.78 is 5.29. The Balaban J connectivity index is 2.40. The van der Waals surface area contributed by atoms with Crippen LogP contribution in [0.3, 0.4) is 0 Å². The molecule has 2 aromatic heterocycles. The van der Waals surface area contributed by atoms with E-state index in [9.17, 15) is 10.1 Å². The van der Waals surface area contributed by atoms with Crippen molar-refractivity contribution >= 4 is 11.0 Å². The normalized spacial score (nSPS) is 10.4. The summed E-state index contributed by atoms with van der Waals surface area (Å²) in [6.45, 7) is 0. The standard InChI is InChI=1S/C14H10N4O2/c1-20-10-5-3-2-4-8(10)11-9(6-15)12-13(18-11)14(19)17-7-16-12/h2-5,7,18H,1H3,(H,16,17,19). The van der Waals surface area contributed by atoms with E-state index in [1.54, 1.807) is 13.2 Å². The summed E-state index contributed by atoms with van der Waals surface area (Å²) in [7, 11) is 1.55. The number of nitrogens with one attached hydrogen (secondary N) is 2. The maximum Gasteiger partial charge on any atom is 0.275 e. The number of fused-ring (bicyclic) bond motifs is 1. The monoisotopic (exact) mass is 266 g/mol. The molecular weight excluding hydrogens is 256 g/mol. The van der Waals surface area contributed by atoms with Crippen LogP contribution < -0.4 is 10.3 Å². The molecule has 0 saturated heterocycles. The quantitative estimate of drug-likeness (QED) is 0.739. The Hall–Kier alpha value is -3.07. The van der Waals surface area contributed by atoms with Crippen molar-refractivity contribution < 1.29 is 4.74 Å². The van der Waals surface area contributed by atoms with Gasteiger partial charge in [0.05, 0.1) is 19.1 Å². The van der Waals surface area contributed by atoms with Gasteiger partial charge in [0.15, 0.2) is 0 Å². The molecule has 0 atom stereocenters. The number of H-pyrrole nitrogens is 2. The maximum absolute atomic E-state index is 11.8. The lowest BCUT2D eigenvalue weighted by Crippen LogP contribution is -2.05. The molecule has 1 aromatic carbocycles. The van der Waals surface area contributed by atoms with Crippen molar-refractivity contribution in [1.82, 2.24) is 15.0 Å². The van der Waals surface area contributed by atoms with Gasteiger partial charge in [-0.25, -0.2) is 4.98 Å². The highest BCUT2D eigenvalue weighted by molar-refractivity contribution is 5.91. The molecule has 0 aliphatic rings. The lowest BCUT2D eigenvalue weighted by molar-refractivity contribution is 0.416. The molecule has 2 heterocycles. The van der Waals surface area contributed by atoms with Crippen LogP contribution in [0.4, 0.5) is 0 Å². The third kappa shape index (κ3) is 1.65. The minimum absolute atomic E-state index is 0.282. The zero-order chi connectivity index (χ0) is 14.1. The van der Waals surface area contributed by atoms with E-state index < -0.39 is 0 Å². The Morgan fingerprint density at radius 2 is 2.15 bits per heavy atom. The minimum Gasteiger partial charge on any atom is -0.496 e. The van der Waals surface area contributed by atoms with Crippen molar-refractivity contribution in [2.24, 2.45) is 0 Å². The van der Waals surface area contributed by atoms with Crippen LogP contribution in [0.1, 0.15) is 5.56 Å². The van der Waals surface area contributed by atoms with Crippen molar-refractivity contribution in [1.29, 1.82) is 5.26 Å². The number of methoxy groups -OCH3 is 1. The molecule has 3 rings (SSSR count). The van der Waals surface area contributed by atoms with E-state index in [1.807, 2.05) is 18.2 Å². The number of para-hydroxylation sites is 1. The lowest BCUT2D eigenvalue weighted by atomic mass is 10.1. The summed E-state index contributed by atoms with van der Waals surface area (Å²) in [5, 5.41) is 9.36. The van der Waals surface area contributed by atoms with E-state index >= 15 is 0 Å². The molecule has 6 nitrogen and oxygen atoms in total. The smallest absolute Gasteiger partial charge is 0.275 e. The number of hydrogen-bond acceptors (Lipinski definition) is 4. The van der Waals surface area contributed by atoms with Crippen molar-refractivity contribution in [3.05, 3.63) is 46.5 Å². The molecule has 0 saturated carbocycles. The van der Waals surface area contributed by atoms with Crippen LogP contribution in [0.15, 0.2) is 35.4 Å². The van der Waals surface area contributed by atoms with Crippen LogP contribution in [0.25, 0.3) is 22.3 Å². The van der Waals surface area contributed by atoms with Gasteiger partial charge < -0.3 is 14.7 Å². The van der Waals surface area contributed by atoms with E-state index in [4.69, 9.17) is 4.74 Å². The number of hydrogen-bond donors (Lipinski definition) is 2. The number of ether oxygens (including phenoxy) is 1. The molecule has 0 bridgehead atoms. The van der Waals surface area contributed by atoms with Gasteiger partial charge in [-0.15, -0.1) is 0 Å². The number of rotatable bonds is 2. The first-order valence-electron chi connectivity index (χ1n) is 5.89. The zero-order valence-electron chi connectivity index (χ0n) is 10.6. The second-order valence-electron chi connectivity index (χ2n) is 4.14. The summed E-state index contributed by atoms with van der Waals surface area (Å²) in [6, 6.07) is 9.37. The molecule has 0 fully saturated rings. The molecule has 0 unspecified atom stereocenters. The van der Waals surface area contributed by atoms with Gasteiger partial charge in [0.1, 0.15) is 28.4 Å². The molecule has 0 spiro atoms. The molecule has 0 aliphatic carbocycles. The Kier molecular flexibility index (Phi) is 2.73. The number of benzene rings is 1. The fourth-order valence-corrected chi connectivity index (χ4v) is 2.17. The molecule has 0 radical (unpaired) electrons. The highest BCUT2D eigenvalue weighted by atomic mass is 16.5. The average Bonchev–Trinajstić information content (AvgIpc) is 2.87. The molecule has 98 valence electrons. The van der Waals surface area contributed by atoms with Gasteiger partial charge in [-0.2, -0.15) is 5.26 Å². The third-order valence-corrected chi connectivity index (χ3v) is 3.08. The topological polar surface area (TPSA) is 94.6 Å². The predicted molar refractivity (Wildman–Crippen MR) is 73.4 cm³/mol. The molecule has 6 heteroatoms. The van der Waals surface area contributed by atoms with E-state index in [0.29, 0.717) is 28.1 Å². The summed E-state index contributed by atoms with van der Waals surface area (Å²) in [6.07, 6.45) is 1.28. The first-order chi connectivity index (χ1) is 9.76. The second kappa shape index (κ2) is 4.55. The van der Waals surface area contributed by atoms with Crippen molar-refractivity contribution in [3.8, 4) is 23.1 Å². The predicted octanol–water partition coefficient (Wildman–Crippen LogP) is 1.80. The van der Waals surface area contributed by atoms with Crippen LogP contribution >= 0.6 is 0 Å². The van der Waals surface area contributed by atoms with Gasteiger partial charge >= 0.3 is 0 Å². The molecular formula is C14H10N4O2. The third-order valence-electron chi connectivity index (χ3n) is 3.08. The highest BCUT2D eigenvalue weighted by Crippen LogP contribution is 2.33. The summed E-state index contributed by atoms with van der Waals surface area (Å²) in [4.78, 5) is 21.3. The fourth-order valence-electron chi connectivity index (χ4n) is 2.17.